The van der Waals surface area contributed by atoms with Crippen molar-refractivity contribution >= 4 is 27.6 Å². The molecule has 1 amide bonds. The Morgan fingerprint density at radius 1 is 1.52 bits per heavy atom. The second-order valence-corrected chi connectivity index (χ2v) is 6.03. The molecule has 1 N–H and O–H groups in total. The molecule has 1 saturated heterocycles. The molecule has 6 heteroatoms. The van der Waals surface area contributed by atoms with Gasteiger partial charge in [0.25, 0.3) is 0 Å². The largest absolute Gasteiger partial charge is 0.447 e. The minimum atomic E-state index is -1.38. The van der Waals surface area contributed by atoms with E-state index >= 15 is 0 Å². The van der Waals surface area contributed by atoms with Gasteiger partial charge in [-0.3, -0.25) is 4.90 Å². The summed E-state index contributed by atoms with van der Waals surface area (Å²) in [5.74, 6) is -1.38. The minimum absolute atomic E-state index is 0.198. The van der Waals surface area contributed by atoms with Crippen LogP contribution in [0.4, 0.5) is 4.79 Å². The molecule has 1 aromatic rings. The average molecular weight is 356 g/mol. The molecule has 1 heterocycles. The Morgan fingerprint density at radius 2 is 2.14 bits per heavy atom. The number of alkyl halides is 1. The molecular weight excluding hydrogens is 338 g/mol. The van der Waals surface area contributed by atoms with Crippen molar-refractivity contribution in [3.63, 3.8) is 0 Å². The molecule has 2 rings (SSSR count). The number of carbonyl (C=O) groups is 1. The van der Waals surface area contributed by atoms with Crippen LogP contribution < -0.4 is 0 Å². The number of aliphatic hydroxyl groups is 1. The average Bonchev–Trinajstić information content (AvgIpc) is 2.79. The summed E-state index contributed by atoms with van der Waals surface area (Å²) in [4.78, 5) is 13.3. The number of halogens is 1. The van der Waals surface area contributed by atoms with Gasteiger partial charge in [-0.25, -0.2) is 4.79 Å². The number of hydrogen-bond acceptors (Lipinski definition) is 4. The number of hydrogen-bond donors (Lipinski definition) is 1. The van der Waals surface area contributed by atoms with Crippen LogP contribution in [0.3, 0.4) is 0 Å². The molecule has 1 aromatic carbocycles. The summed E-state index contributed by atoms with van der Waals surface area (Å²) < 4.78 is 10.5. The molecule has 0 aromatic heterocycles. The first kappa shape index (κ1) is 16.0. The molecule has 1 aliphatic rings. The van der Waals surface area contributed by atoms with Crippen molar-refractivity contribution in [3.05, 3.63) is 42.5 Å². The molecule has 1 aliphatic heterocycles. The molecule has 0 saturated carbocycles. The normalized spacial score (nSPS) is 20.3. The van der Waals surface area contributed by atoms with Gasteiger partial charge in [0.15, 0.2) is 10.9 Å². The Balaban J connectivity index is 2.19. The zero-order chi connectivity index (χ0) is 15.6. The van der Waals surface area contributed by atoms with E-state index in [1.165, 1.54) is 18.7 Å². The van der Waals surface area contributed by atoms with Crippen LogP contribution in [0.2, 0.25) is 0 Å². The zero-order valence-corrected chi connectivity index (χ0v) is 13.5. The summed E-state index contributed by atoms with van der Waals surface area (Å²) in [6, 6.07) is 9.21. The summed E-state index contributed by atoms with van der Waals surface area (Å²) in [5.41, 5.74) is 1.68. The maximum absolute atomic E-state index is 11.9. The van der Waals surface area contributed by atoms with E-state index < -0.39 is 17.0 Å². The van der Waals surface area contributed by atoms with Crippen molar-refractivity contribution in [2.24, 2.45) is 0 Å². The van der Waals surface area contributed by atoms with E-state index in [0.717, 1.165) is 11.1 Å². The van der Waals surface area contributed by atoms with E-state index in [1.54, 1.807) is 0 Å². The van der Waals surface area contributed by atoms with Crippen LogP contribution in [0.1, 0.15) is 19.4 Å². The first-order valence-electron chi connectivity index (χ1n) is 6.53. The van der Waals surface area contributed by atoms with Crippen molar-refractivity contribution < 1.29 is 19.4 Å². The van der Waals surface area contributed by atoms with E-state index in [1.807, 2.05) is 30.3 Å². The summed E-state index contributed by atoms with van der Waals surface area (Å²) in [5, 5.41) is 8.92. The minimum Gasteiger partial charge on any atom is -0.447 e. The summed E-state index contributed by atoms with van der Waals surface area (Å²) in [7, 11) is 0. The smallest absolute Gasteiger partial charge is 0.413 e. The SMILES string of the molecule is C=C(c1ccccc1)[C@H]1COC(=O)N1C(Br)OC(C)(C)O. The van der Waals surface area contributed by atoms with Crippen molar-refractivity contribution in [1.82, 2.24) is 4.90 Å². The van der Waals surface area contributed by atoms with Gasteiger partial charge in [0.05, 0.1) is 6.04 Å². The Labute approximate surface area is 132 Å². The van der Waals surface area contributed by atoms with Crippen molar-refractivity contribution in [2.75, 3.05) is 6.61 Å². The molecule has 21 heavy (non-hydrogen) atoms. The third-order valence-electron chi connectivity index (χ3n) is 3.06. The Kier molecular flexibility index (Phi) is 4.70. The fraction of sp³-hybridized carbons (Fsp3) is 0.400. The lowest BCUT2D eigenvalue weighted by Gasteiger charge is -2.31. The number of amides is 1. The van der Waals surface area contributed by atoms with Gasteiger partial charge >= 0.3 is 6.09 Å². The van der Waals surface area contributed by atoms with E-state index in [0.29, 0.717) is 0 Å². The lowest BCUT2D eigenvalue weighted by molar-refractivity contribution is -0.204. The fourth-order valence-electron chi connectivity index (χ4n) is 2.06. The number of cyclic esters (lactones) is 1. The summed E-state index contributed by atoms with van der Waals surface area (Å²) in [6.07, 6.45) is -0.511. The topological polar surface area (TPSA) is 59.0 Å². The Morgan fingerprint density at radius 3 is 2.71 bits per heavy atom. The Hall–Kier alpha value is -1.37. The van der Waals surface area contributed by atoms with Crippen LogP contribution in [0.5, 0.6) is 0 Å². The molecule has 0 spiro atoms. The maximum Gasteiger partial charge on any atom is 0.413 e. The lowest BCUT2D eigenvalue weighted by atomic mass is 10.0. The quantitative estimate of drug-likeness (QED) is 0.501. The monoisotopic (exact) mass is 355 g/mol. The molecular formula is C15H18BrNO4. The second kappa shape index (κ2) is 6.17. The van der Waals surface area contributed by atoms with Gasteiger partial charge in [-0.05, 0) is 40.9 Å². The molecule has 2 atom stereocenters. The van der Waals surface area contributed by atoms with Crippen molar-refractivity contribution in [3.8, 4) is 0 Å². The van der Waals surface area contributed by atoms with Crippen LogP contribution in [0.25, 0.3) is 5.57 Å². The van der Waals surface area contributed by atoms with Gasteiger partial charge in [0.2, 0.25) is 0 Å². The molecule has 5 nitrogen and oxygen atoms in total. The van der Waals surface area contributed by atoms with E-state index in [2.05, 4.69) is 22.5 Å². The van der Waals surface area contributed by atoms with E-state index in [9.17, 15) is 9.90 Å². The van der Waals surface area contributed by atoms with Crippen LogP contribution in [-0.2, 0) is 9.47 Å². The standard InChI is InChI=1S/C15H18BrNO4/c1-10(11-7-5-4-6-8-11)12-9-20-14(18)17(12)13(16)21-15(2,3)19/h4-8,12-13,19H,1,9H2,2-3H3/t12-,13?/m1/s1. The number of benzene rings is 1. The molecule has 1 fully saturated rings. The lowest BCUT2D eigenvalue weighted by Crippen LogP contribution is -2.44. The summed E-state index contributed by atoms with van der Waals surface area (Å²) in [6.45, 7) is 7.24. The van der Waals surface area contributed by atoms with Gasteiger partial charge in [0, 0.05) is 0 Å². The first-order valence-corrected chi connectivity index (χ1v) is 7.45. The van der Waals surface area contributed by atoms with Gasteiger partial charge < -0.3 is 14.6 Å². The van der Waals surface area contributed by atoms with Gasteiger partial charge in [-0.2, -0.15) is 0 Å². The predicted molar refractivity (Wildman–Crippen MR) is 82.5 cm³/mol. The number of nitrogens with zero attached hydrogens (tertiary/aromatic N) is 1. The van der Waals surface area contributed by atoms with Gasteiger partial charge in [-0.1, -0.05) is 36.9 Å². The fourth-order valence-corrected chi connectivity index (χ4v) is 2.97. The van der Waals surface area contributed by atoms with E-state index in [4.69, 9.17) is 9.47 Å². The molecule has 114 valence electrons. The van der Waals surface area contributed by atoms with Crippen LogP contribution in [-0.4, -0.2) is 39.7 Å². The predicted octanol–water partition coefficient (Wildman–Crippen LogP) is 2.94. The van der Waals surface area contributed by atoms with Crippen molar-refractivity contribution in [2.45, 2.75) is 30.8 Å². The highest BCUT2D eigenvalue weighted by atomic mass is 79.9. The first-order chi connectivity index (χ1) is 9.79. The van der Waals surface area contributed by atoms with Crippen LogP contribution in [0, 0.1) is 0 Å². The van der Waals surface area contributed by atoms with Crippen LogP contribution >= 0.6 is 15.9 Å². The van der Waals surface area contributed by atoms with Gasteiger partial charge in [0.1, 0.15) is 6.61 Å². The van der Waals surface area contributed by atoms with Crippen molar-refractivity contribution in [1.29, 1.82) is 0 Å². The number of carbonyl (C=O) groups excluding carboxylic acids is 1. The summed E-state index contributed by atoms with van der Waals surface area (Å²) >= 11 is 3.26. The van der Waals surface area contributed by atoms with E-state index in [-0.39, 0.29) is 12.6 Å². The molecule has 1 unspecified atom stereocenters. The molecule has 0 aliphatic carbocycles. The number of rotatable bonds is 5. The number of ether oxygens (including phenoxy) is 2. The highest BCUT2D eigenvalue weighted by molar-refractivity contribution is 9.09. The maximum atomic E-state index is 11.9. The van der Waals surface area contributed by atoms with Gasteiger partial charge in [-0.15, -0.1) is 0 Å². The Bertz CT molecular complexity index is 526. The van der Waals surface area contributed by atoms with Crippen LogP contribution in [0.15, 0.2) is 36.9 Å². The third kappa shape index (κ3) is 3.84. The molecule has 0 radical (unpaired) electrons. The highest BCUT2D eigenvalue weighted by Crippen LogP contribution is 2.31. The zero-order valence-electron chi connectivity index (χ0n) is 12.0. The third-order valence-corrected chi connectivity index (χ3v) is 3.69. The highest BCUT2D eigenvalue weighted by Gasteiger charge is 2.41. The second-order valence-electron chi connectivity index (χ2n) is 5.25. The molecule has 0 bridgehead atoms.